The summed E-state index contributed by atoms with van der Waals surface area (Å²) in [5, 5.41) is 11.1. The molecule has 0 aliphatic heterocycles. The topological polar surface area (TPSA) is 69.6 Å². The molecule has 1 fully saturated rings. The number of aryl methyl sites for hydroxylation is 2. The summed E-state index contributed by atoms with van der Waals surface area (Å²) in [5.74, 6) is 8.29. The van der Waals surface area contributed by atoms with Crippen LogP contribution in [0, 0.1) is 13.8 Å². The summed E-state index contributed by atoms with van der Waals surface area (Å²) < 4.78 is 1.66. The van der Waals surface area contributed by atoms with Crippen LogP contribution in [0.2, 0.25) is 5.15 Å². The SMILES string of the molecule is Cc1ccc2cc(CSc3nnc(C4CCCCC4)n3N)c(Cl)nc2c1C. The lowest BCUT2D eigenvalue weighted by Gasteiger charge is -2.20. The van der Waals surface area contributed by atoms with Gasteiger partial charge in [-0.05, 0) is 43.9 Å². The minimum Gasteiger partial charge on any atom is -0.336 e. The number of halogens is 1. The first-order valence-electron chi connectivity index (χ1n) is 9.43. The Kier molecular flexibility index (Phi) is 5.28. The van der Waals surface area contributed by atoms with Crippen LogP contribution in [-0.4, -0.2) is 19.9 Å². The number of hydrogen-bond acceptors (Lipinski definition) is 5. The second-order valence-corrected chi connectivity index (χ2v) is 8.65. The molecule has 0 saturated heterocycles. The van der Waals surface area contributed by atoms with Gasteiger partial charge in [0.1, 0.15) is 5.15 Å². The number of fused-ring (bicyclic) bond motifs is 1. The highest BCUT2D eigenvalue weighted by molar-refractivity contribution is 7.98. The molecule has 0 spiro atoms. The third-order valence-corrected chi connectivity index (χ3v) is 6.87. The Morgan fingerprint density at radius 2 is 1.96 bits per heavy atom. The van der Waals surface area contributed by atoms with Crippen molar-refractivity contribution in [3.63, 3.8) is 0 Å². The molecule has 0 radical (unpaired) electrons. The van der Waals surface area contributed by atoms with Crippen LogP contribution in [0.15, 0.2) is 23.4 Å². The van der Waals surface area contributed by atoms with E-state index in [0.29, 0.717) is 16.8 Å². The maximum Gasteiger partial charge on any atom is 0.210 e. The summed E-state index contributed by atoms with van der Waals surface area (Å²) >= 11 is 8.02. The van der Waals surface area contributed by atoms with Crippen molar-refractivity contribution in [2.45, 2.75) is 62.8 Å². The number of nitrogens with zero attached hydrogens (tertiary/aromatic N) is 4. The Bertz CT molecular complexity index is 978. The fraction of sp³-hybridized carbons (Fsp3) is 0.450. The highest BCUT2D eigenvalue weighted by atomic mass is 35.5. The zero-order valence-electron chi connectivity index (χ0n) is 15.7. The van der Waals surface area contributed by atoms with Crippen molar-refractivity contribution in [1.29, 1.82) is 0 Å². The first-order valence-corrected chi connectivity index (χ1v) is 10.8. The Morgan fingerprint density at radius 3 is 2.74 bits per heavy atom. The van der Waals surface area contributed by atoms with Crippen molar-refractivity contribution in [2.24, 2.45) is 0 Å². The third-order valence-electron chi connectivity index (χ3n) is 5.56. The van der Waals surface area contributed by atoms with Gasteiger partial charge in [-0.15, -0.1) is 10.2 Å². The predicted octanol–water partition coefficient (Wildman–Crippen LogP) is 5.15. The van der Waals surface area contributed by atoms with Gasteiger partial charge in [-0.1, -0.05) is 54.8 Å². The van der Waals surface area contributed by atoms with Gasteiger partial charge >= 0.3 is 0 Å². The molecule has 0 unspecified atom stereocenters. The first kappa shape index (κ1) is 18.6. The smallest absolute Gasteiger partial charge is 0.210 e. The molecule has 7 heteroatoms. The molecule has 1 aliphatic rings. The van der Waals surface area contributed by atoms with Crippen LogP contribution in [0.4, 0.5) is 0 Å². The van der Waals surface area contributed by atoms with E-state index in [2.05, 4.69) is 47.2 Å². The fourth-order valence-corrected chi connectivity index (χ4v) is 4.89. The largest absolute Gasteiger partial charge is 0.336 e. The molecule has 1 aliphatic carbocycles. The lowest BCUT2D eigenvalue weighted by Crippen LogP contribution is -2.18. The quantitative estimate of drug-likeness (QED) is 0.372. The minimum atomic E-state index is 0.433. The molecule has 1 aromatic carbocycles. The second kappa shape index (κ2) is 7.68. The summed E-state index contributed by atoms with van der Waals surface area (Å²) in [7, 11) is 0. The second-order valence-electron chi connectivity index (χ2n) is 7.35. The Hall–Kier alpha value is -1.79. The van der Waals surface area contributed by atoms with E-state index in [1.165, 1.54) is 30.4 Å². The number of hydrogen-bond donors (Lipinski definition) is 1. The van der Waals surface area contributed by atoms with Gasteiger partial charge in [-0.2, -0.15) is 0 Å². The maximum absolute atomic E-state index is 6.46. The van der Waals surface area contributed by atoms with E-state index in [-0.39, 0.29) is 0 Å². The lowest BCUT2D eigenvalue weighted by molar-refractivity contribution is 0.421. The highest BCUT2D eigenvalue weighted by Crippen LogP contribution is 2.33. The minimum absolute atomic E-state index is 0.433. The van der Waals surface area contributed by atoms with Gasteiger partial charge in [0.25, 0.3) is 0 Å². The number of benzene rings is 1. The molecule has 5 nitrogen and oxygen atoms in total. The normalized spacial score (nSPS) is 15.5. The molecule has 0 bridgehead atoms. The number of nitrogens with two attached hydrogens (primary N) is 1. The van der Waals surface area contributed by atoms with E-state index in [9.17, 15) is 0 Å². The number of rotatable bonds is 4. The summed E-state index contributed by atoms with van der Waals surface area (Å²) in [6, 6.07) is 6.34. The van der Waals surface area contributed by atoms with Gasteiger partial charge in [0.2, 0.25) is 5.16 Å². The van der Waals surface area contributed by atoms with Crippen molar-refractivity contribution in [3.8, 4) is 0 Å². The summed E-state index contributed by atoms with van der Waals surface area (Å²) in [6.45, 7) is 4.17. The Labute approximate surface area is 168 Å². The average Bonchev–Trinajstić information content (AvgIpc) is 3.05. The van der Waals surface area contributed by atoms with Crippen LogP contribution in [-0.2, 0) is 5.75 Å². The van der Waals surface area contributed by atoms with Gasteiger partial charge in [-0.25, -0.2) is 9.66 Å². The van der Waals surface area contributed by atoms with Crippen LogP contribution in [0.25, 0.3) is 10.9 Å². The standard InChI is InChI=1S/C20H24ClN5S/c1-12-8-9-15-10-16(18(21)23-17(15)13(12)2)11-27-20-25-24-19(26(20)22)14-6-4-3-5-7-14/h8-10,14H,3-7,11,22H2,1-2H3. The number of aromatic nitrogens is 4. The molecular weight excluding hydrogens is 378 g/mol. The molecule has 2 N–H and O–H groups in total. The molecule has 142 valence electrons. The Balaban J connectivity index is 1.54. The van der Waals surface area contributed by atoms with Crippen molar-refractivity contribution < 1.29 is 0 Å². The first-order chi connectivity index (χ1) is 13.0. The maximum atomic E-state index is 6.46. The molecule has 27 heavy (non-hydrogen) atoms. The van der Waals surface area contributed by atoms with Crippen molar-refractivity contribution >= 4 is 34.3 Å². The van der Waals surface area contributed by atoms with Crippen molar-refractivity contribution in [1.82, 2.24) is 19.9 Å². The zero-order valence-corrected chi connectivity index (χ0v) is 17.3. The van der Waals surface area contributed by atoms with Gasteiger partial charge in [-0.3, -0.25) is 0 Å². The average molecular weight is 402 g/mol. The predicted molar refractivity (Wildman–Crippen MR) is 112 cm³/mol. The van der Waals surface area contributed by atoms with Crippen LogP contribution < -0.4 is 5.84 Å². The van der Waals surface area contributed by atoms with Crippen LogP contribution in [0.5, 0.6) is 0 Å². The molecule has 3 aromatic rings. The summed E-state index contributed by atoms with van der Waals surface area (Å²) in [5.41, 5.74) is 4.35. The van der Waals surface area contributed by atoms with E-state index in [0.717, 1.165) is 40.3 Å². The van der Waals surface area contributed by atoms with E-state index in [1.54, 1.807) is 16.4 Å². The molecule has 2 aromatic heterocycles. The van der Waals surface area contributed by atoms with E-state index >= 15 is 0 Å². The van der Waals surface area contributed by atoms with Crippen LogP contribution >= 0.6 is 23.4 Å². The van der Waals surface area contributed by atoms with Crippen molar-refractivity contribution in [2.75, 3.05) is 5.84 Å². The van der Waals surface area contributed by atoms with E-state index in [4.69, 9.17) is 17.4 Å². The van der Waals surface area contributed by atoms with Crippen LogP contribution in [0.3, 0.4) is 0 Å². The lowest BCUT2D eigenvalue weighted by atomic mass is 9.89. The molecular formula is C20H24ClN5S. The molecule has 4 rings (SSSR count). The van der Waals surface area contributed by atoms with Gasteiger partial charge in [0.05, 0.1) is 5.52 Å². The highest BCUT2D eigenvalue weighted by Gasteiger charge is 2.22. The van der Waals surface area contributed by atoms with Crippen molar-refractivity contribution in [3.05, 3.63) is 45.9 Å². The van der Waals surface area contributed by atoms with Crippen LogP contribution in [0.1, 0.15) is 60.5 Å². The van der Waals surface area contributed by atoms with E-state index in [1.807, 2.05) is 0 Å². The van der Waals surface area contributed by atoms with Gasteiger partial charge in [0, 0.05) is 22.6 Å². The summed E-state index contributed by atoms with van der Waals surface area (Å²) in [4.78, 5) is 4.63. The summed E-state index contributed by atoms with van der Waals surface area (Å²) in [6.07, 6.45) is 6.11. The third kappa shape index (κ3) is 3.65. The number of thioether (sulfide) groups is 1. The van der Waals surface area contributed by atoms with Gasteiger partial charge < -0.3 is 5.84 Å². The van der Waals surface area contributed by atoms with E-state index < -0.39 is 0 Å². The molecule has 2 heterocycles. The molecule has 0 atom stereocenters. The monoisotopic (exact) mass is 401 g/mol. The van der Waals surface area contributed by atoms with Gasteiger partial charge in [0.15, 0.2) is 5.82 Å². The fourth-order valence-electron chi connectivity index (χ4n) is 3.77. The molecule has 0 amide bonds. The molecule has 1 saturated carbocycles. The Morgan fingerprint density at radius 1 is 1.19 bits per heavy atom. The zero-order chi connectivity index (χ0) is 19.0. The number of nitrogen functional groups attached to an aromatic ring is 1. The number of pyridine rings is 1.